The van der Waals surface area contributed by atoms with E-state index in [1.165, 1.54) is 4.31 Å². The zero-order valence-corrected chi connectivity index (χ0v) is 9.62. The molecule has 2 N–H and O–H groups in total. The Morgan fingerprint density at radius 2 is 2.20 bits per heavy atom. The van der Waals surface area contributed by atoms with Crippen molar-refractivity contribution in [2.24, 2.45) is 0 Å². The Labute approximate surface area is 89.3 Å². The van der Waals surface area contributed by atoms with Crippen LogP contribution < -0.4 is 5.32 Å². The maximum Gasteiger partial charge on any atom is 0.304 e. The van der Waals surface area contributed by atoms with Gasteiger partial charge in [0.1, 0.15) is 0 Å². The minimum absolute atomic E-state index is 0.0623. The maximum atomic E-state index is 11.4. The molecule has 15 heavy (non-hydrogen) atoms. The number of hydrogen-bond acceptors (Lipinski definition) is 4. The van der Waals surface area contributed by atoms with E-state index in [4.69, 9.17) is 5.11 Å². The van der Waals surface area contributed by atoms with Crippen molar-refractivity contribution in [2.45, 2.75) is 25.4 Å². The first-order valence-electron chi connectivity index (χ1n) is 4.74. The molecule has 6 nitrogen and oxygen atoms in total. The molecule has 0 aromatic carbocycles. The number of sulfonamides is 1. The van der Waals surface area contributed by atoms with Gasteiger partial charge in [-0.25, -0.2) is 8.42 Å². The first-order valence-corrected chi connectivity index (χ1v) is 6.59. The highest BCUT2D eigenvalue weighted by molar-refractivity contribution is 7.88. The summed E-state index contributed by atoms with van der Waals surface area (Å²) in [5, 5.41) is 11.7. The lowest BCUT2D eigenvalue weighted by Gasteiger charge is -2.37. The summed E-state index contributed by atoms with van der Waals surface area (Å²) < 4.78 is 24.1. The molecule has 0 aromatic rings. The van der Waals surface area contributed by atoms with Gasteiger partial charge in [-0.3, -0.25) is 4.79 Å². The van der Waals surface area contributed by atoms with E-state index < -0.39 is 16.0 Å². The van der Waals surface area contributed by atoms with Crippen LogP contribution in [0.15, 0.2) is 0 Å². The summed E-state index contributed by atoms with van der Waals surface area (Å²) in [7, 11) is -3.24. The molecule has 88 valence electrons. The highest BCUT2D eigenvalue weighted by atomic mass is 32.2. The molecule has 0 spiro atoms. The zero-order valence-electron chi connectivity index (χ0n) is 8.80. The van der Waals surface area contributed by atoms with Crippen molar-refractivity contribution >= 4 is 16.0 Å². The Hall–Kier alpha value is -0.660. The van der Waals surface area contributed by atoms with Crippen molar-refractivity contribution < 1.29 is 18.3 Å². The van der Waals surface area contributed by atoms with Crippen molar-refractivity contribution in [1.29, 1.82) is 0 Å². The molecule has 0 radical (unpaired) electrons. The summed E-state index contributed by atoms with van der Waals surface area (Å²) in [5.74, 6) is -0.922. The fraction of sp³-hybridized carbons (Fsp3) is 0.875. The number of hydrogen-bond donors (Lipinski definition) is 2. The lowest BCUT2D eigenvalue weighted by molar-refractivity contribution is -0.138. The lowest BCUT2D eigenvalue weighted by Crippen LogP contribution is -2.58. The van der Waals surface area contributed by atoms with E-state index in [1.807, 2.05) is 0 Å². The number of carboxylic acids is 1. The Morgan fingerprint density at radius 1 is 1.60 bits per heavy atom. The number of carbonyl (C=O) groups is 1. The van der Waals surface area contributed by atoms with E-state index in [0.29, 0.717) is 13.1 Å². The highest BCUT2D eigenvalue weighted by Gasteiger charge is 2.33. The maximum absolute atomic E-state index is 11.4. The van der Waals surface area contributed by atoms with E-state index in [9.17, 15) is 13.2 Å². The normalized spacial score (nSPS) is 28.9. The second-order valence-electron chi connectivity index (χ2n) is 3.77. The minimum atomic E-state index is -3.24. The molecule has 0 unspecified atom stereocenters. The van der Waals surface area contributed by atoms with Crippen molar-refractivity contribution in [3.8, 4) is 0 Å². The molecule has 1 saturated heterocycles. The summed E-state index contributed by atoms with van der Waals surface area (Å²) in [5.41, 5.74) is 0. The van der Waals surface area contributed by atoms with Gasteiger partial charge in [-0.05, 0) is 6.92 Å². The van der Waals surface area contributed by atoms with E-state index >= 15 is 0 Å². The molecule has 1 rings (SSSR count). The predicted octanol–water partition coefficient (Wildman–Crippen LogP) is -0.917. The van der Waals surface area contributed by atoms with Gasteiger partial charge in [-0.15, -0.1) is 0 Å². The summed E-state index contributed by atoms with van der Waals surface area (Å²) in [6, 6.07) is -0.629. The molecule has 1 fully saturated rings. The number of piperazine rings is 1. The third-order valence-electron chi connectivity index (χ3n) is 2.60. The SMILES string of the molecule is C[C@@H]1[C@@H](CC(=O)O)NCCN1S(C)(=O)=O. The molecule has 0 bridgehead atoms. The largest absolute Gasteiger partial charge is 0.481 e. The number of rotatable bonds is 3. The van der Waals surface area contributed by atoms with Crippen LogP contribution in [0.5, 0.6) is 0 Å². The molecular formula is C8H16N2O4S. The number of carboxylic acid groups (broad SMARTS) is 1. The summed E-state index contributed by atoms with van der Waals surface area (Å²) in [6.07, 6.45) is 1.08. The Kier molecular flexibility index (Phi) is 3.69. The van der Waals surface area contributed by atoms with E-state index in [2.05, 4.69) is 5.32 Å². The van der Waals surface area contributed by atoms with Gasteiger partial charge < -0.3 is 10.4 Å². The van der Waals surface area contributed by atoms with Crippen LogP contribution >= 0.6 is 0 Å². The van der Waals surface area contributed by atoms with Crippen molar-refractivity contribution in [3.63, 3.8) is 0 Å². The topological polar surface area (TPSA) is 86.7 Å². The molecule has 0 amide bonds. The van der Waals surface area contributed by atoms with E-state index in [1.54, 1.807) is 6.92 Å². The van der Waals surface area contributed by atoms with Crippen LogP contribution in [0.4, 0.5) is 0 Å². The molecule has 0 aliphatic carbocycles. The second kappa shape index (κ2) is 4.46. The molecule has 1 aliphatic heterocycles. The van der Waals surface area contributed by atoms with Crippen LogP contribution in [0.25, 0.3) is 0 Å². The van der Waals surface area contributed by atoms with Gasteiger partial charge >= 0.3 is 5.97 Å². The van der Waals surface area contributed by atoms with Crippen LogP contribution in [0.2, 0.25) is 0 Å². The Balaban J connectivity index is 2.75. The molecule has 2 atom stereocenters. The van der Waals surface area contributed by atoms with Crippen LogP contribution in [0.3, 0.4) is 0 Å². The summed E-state index contributed by atoms with van der Waals surface area (Å²) in [6.45, 7) is 2.62. The predicted molar refractivity (Wildman–Crippen MR) is 55.1 cm³/mol. The number of aliphatic carboxylic acids is 1. The van der Waals surface area contributed by atoms with Gasteiger partial charge in [0, 0.05) is 25.2 Å². The average molecular weight is 236 g/mol. The molecule has 0 saturated carbocycles. The van der Waals surface area contributed by atoms with Crippen LogP contribution in [-0.2, 0) is 14.8 Å². The Bertz CT molecular complexity index is 341. The van der Waals surface area contributed by atoms with Gasteiger partial charge in [-0.2, -0.15) is 4.31 Å². The van der Waals surface area contributed by atoms with Gasteiger partial charge in [0.05, 0.1) is 12.7 Å². The van der Waals surface area contributed by atoms with Gasteiger partial charge in [-0.1, -0.05) is 0 Å². The van der Waals surface area contributed by atoms with E-state index in [0.717, 1.165) is 6.26 Å². The molecule has 0 aromatic heterocycles. The van der Waals surface area contributed by atoms with Crippen molar-refractivity contribution in [1.82, 2.24) is 9.62 Å². The van der Waals surface area contributed by atoms with Crippen molar-refractivity contribution in [3.05, 3.63) is 0 Å². The molecule has 1 heterocycles. The smallest absolute Gasteiger partial charge is 0.304 e. The monoisotopic (exact) mass is 236 g/mol. The first-order chi connectivity index (χ1) is 6.82. The Morgan fingerprint density at radius 3 is 2.67 bits per heavy atom. The third-order valence-corrected chi connectivity index (χ3v) is 3.96. The van der Waals surface area contributed by atoms with Gasteiger partial charge in [0.15, 0.2) is 0 Å². The molecule has 1 aliphatic rings. The minimum Gasteiger partial charge on any atom is -0.481 e. The fourth-order valence-electron chi connectivity index (χ4n) is 1.83. The van der Waals surface area contributed by atoms with Gasteiger partial charge in [0.25, 0.3) is 0 Å². The highest BCUT2D eigenvalue weighted by Crippen LogP contribution is 2.15. The quantitative estimate of drug-likeness (QED) is 0.662. The second-order valence-corrected chi connectivity index (χ2v) is 5.71. The fourth-order valence-corrected chi connectivity index (χ4v) is 3.01. The van der Waals surface area contributed by atoms with Crippen LogP contribution in [-0.4, -0.2) is 55.2 Å². The molecule has 7 heteroatoms. The average Bonchev–Trinajstić information content (AvgIpc) is 2.05. The lowest BCUT2D eigenvalue weighted by atomic mass is 10.0. The van der Waals surface area contributed by atoms with E-state index in [-0.39, 0.29) is 18.5 Å². The first kappa shape index (κ1) is 12.4. The number of nitrogens with one attached hydrogen (secondary N) is 1. The molecular weight excluding hydrogens is 220 g/mol. The number of nitrogens with zero attached hydrogens (tertiary/aromatic N) is 1. The van der Waals surface area contributed by atoms with Gasteiger partial charge in [0.2, 0.25) is 10.0 Å². The van der Waals surface area contributed by atoms with Crippen LogP contribution in [0, 0.1) is 0 Å². The van der Waals surface area contributed by atoms with Crippen molar-refractivity contribution in [2.75, 3.05) is 19.3 Å². The summed E-state index contributed by atoms with van der Waals surface area (Å²) >= 11 is 0. The third kappa shape index (κ3) is 3.15. The summed E-state index contributed by atoms with van der Waals surface area (Å²) in [4.78, 5) is 10.6. The zero-order chi connectivity index (χ0) is 11.6. The standard InChI is InChI=1S/C8H16N2O4S/c1-6-7(5-8(11)12)9-3-4-10(6)15(2,13)14/h6-7,9H,3-5H2,1-2H3,(H,11,12)/t6-,7-/m1/s1. The van der Waals surface area contributed by atoms with Crippen LogP contribution in [0.1, 0.15) is 13.3 Å².